The lowest BCUT2D eigenvalue weighted by Crippen LogP contribution is -2.06. The largest absolute Gasteiger partial charge is 0.330 e. The maximum Gasteiger partial charge on any atom is 0.163 e. The van der Waals surface area contributed by atoms with Crippen molar-refractivity contribution in [3.8, 4) is 0 Å². The van der Waals surface area contributed by atoms with Crippen LogP contribution >= 0.6 is 15.9 Å². The Balaban J connectivity index is 2.28. The topological polar surface area (TPSA) is 64.7 Å². The fraction of sp³-hybridized carbons (Fsp3) is 0.154. The molecule has 0 bridgehead atoms. The average molecular weight is 303 g/mol. The number of rotatable bonds is 2. The van der Waals surface area contributed by atoms with Gasteiger partial charge in [-0.3, -0.25) is 0 Å². The van der Waals surface area contributed by atoms with Gasteiger partial charge in [-0.15, -0.1) is 0 Å². The summed E-state index contributed by atoms with van der Waals surface area (Å²) in [6.45, 7) is 0.544. The number of halogens is 1. The maximum atomic E-state index is 5.51. The van der Waals surface area contributed by atoms with E-state index in [2.05, 4.69) is 36.9 Å². The number of nitrogens with two attached hydrogens (primary N) is 1. The molecule has 0 saturated heterocycles. The van der Waals surface area contributed by atoms with Crippen LogP contribution in [0.1, 0.15) is 5.82 Å². The van der Waals surface area contributed by atoms with E-state index in [-0.39, 0.29) is 0 Å². The van der Waals surface area contributed by atoms with E-state index in [0.717, 1.165) is 26.6 Å². The third kappa shape index (κ3) is 1.95. The molecule has 5 heteroatoms. The third-order valence-electron chi connectivity index (χ3n) is 2.76. The highest BCUT2D eigenvalue weighted by Crippen LogP contribution is 2.24. The second-order valence-electron chi connectivity index (χ2n) is 4.04. The molecule has 0 aliphatic carbocycles. The summed E-state index contributed by atoms with van der Waals surface area (Å²) in [5.74, 6) is 0.740. The van der Waals surface area contributed by atoms with Crippen LogP contribution < -0.4 is 5.73 Å². The average Bonchev–Trinajstić information content (AvgIpc) is 2.38. The van der Waals surface area contributed by atoms with Gasteiger partial charge in [0.2, 0.25) is 0 Å². The number of fused-ring (bicyclic) bond motifs is 2. The predicted molar refractivity (Wildman–Crippen MR) is 75.3 cm³/mol. The summed E-state index contributed by atoms with van der Waals surface area (Å²) >= 11 is 3.51. The van der Waals surface area contributed by atoms with Crippen LogP contribution in [0.15, 0.2) is 34.9 Å². The fourth-order valence-electron chi connectivity index (χ4n) is 1.90. The Labute approximate surface area is 112 Å². The molecule has 3 rings (SSSR count). The summed E-state index contributed by atoms with van der Waals surface area (Å²) in [5.41, 5.74) is 7.15. The number of benzene rings is 1. The molecule has 90 valence electrons. The molecule has 18 heavy (non-hydrogen) atoms. The second-order valence-corrected chi connectivity index (χ2v) is 4.89. The first-order valence-electron chi connectivity index (χ1n) is 5.69. The van der Waals surface area contributed by atoms with E-state index in [0.29, 0.717) is 18.6 Å². The van der Waals surface area contributed by atoms with Gasteiger partial charge in [0, 0.05) is 27.9 Å². The molecule has 2 aromatic heterocycles. The van der Waals surface area contributed by atoms with E-state index in [1.165, 1.54) is 0 Å². The smallest absolute Gasteiger partial charge is 0.163 e. The van der Waals surface area contributed by atoms with Gasteiger partial charge in [0.15, 0.2) is 5.65 Å². The van der Waals surface area contributed by atoms with E-state index in [1.807, 2.05) is 18.2 Å². The van der Waals surface area contributed by atoms with E-state index >= 15 is 0 Å². The summed E-state index contributed by atoms with van der Waals surface area (Å²) in [4.78, 5) is 13.3. The Morgan fingerprint density at radius 3 is 2.89 bits per heavy atom. The zero-order chi connectivity index (χ0) is 12.5. The molecule has 0 saturated carbocycles. The van der Waals surface area contributed by atoms with Gasteiger partial charge in [0.25, 0.3) is 0 Å². The minimum atomic E-state index is 0.544. The Hall–Kier alpha value is -1.59. The number of nitrogens with zero attached hydrogens (tertiary/aromatic N) is 3. The molecule has 0 aliphatic heterocycles. The first kappa shape index (κ1) is 11.5. The summed E-state index contributed by atoms with van der Waals surface area (Å²) in [5, 5.41) is 2.02. The van der Waals surface area contributed by atoms with Crippen LogP contribution in [0, 0.1) is 0 Å². The maximum absolute atomic E-state index is 5.51. The number of pyridine rings is 1. The molecule has 2 heterocycles. The molecule has 0 atom stereocenters. The Morgan fingerprint density at radius 2 is 2.06 bits per heavy atom. The van der Waals surface area contributed by atoms with Crippen molar-refractivity contribution < 1.29 is 0 Å². The third-order valence-corrected chi connectivity index (χ3v) is 3.40. The number of aromatic nitrogens is 3. The minimum Gasteiger partial charge on any atom is -0.330 e. The summed E-state index contributed by atoms with van der Waals surface area (Å²) in [6.07, 6.45) is 2.48. The highest BCUT2D eigenvalue weighted by molar-refractivity contribution is 9.10. The zero-order valence-corrected chi connectivity index (χ0v) is 11.2. The van der Waals surface area contributed by atoms with Crippen molar-refractivity contribution in [2.24, 2.45) is 5.73 Å². The molecule has 0 radical (unpaired) electrons. The van der Waals surface area contributed by atoms with Crippen LogP contribution in [0.5, 0.6) is 0 Å². The molecule has 1 aromatic carbocycles. The van der Waals surface area contributed by atoms with Crippen molar-refractivity contribution in [2.45, 2.75) is 6.42 Å². The van der Waals surface area contributed by atoms with Gasteiger partial charge in [0.05, 0.1) is 5.52 Å². The first-order chi connectivity index (χ1) is 8.78. The van der Waals surface area contributed by atoms with Crippen molar-refractivity contribution in [3.63, 3.8) is 0 Å². The zero-order valence-electron chi connectivity index (χ0n) is 9.60. The number of para-hydroxylation sites is 1. The number of hydrogen-bond donors (Lipinski definition) is 1. The van der Waals surface area contributed by atoms with Crippen LogP contribution in [0.4, 0.5) is 0 Å². The molecule has 0 aliphatic rings. The van der Waals surface area contributed by atoms with Crippen LogP contribution in [-0.2, 0) is 6.42 Å². The van der Waals surface area contributed by atoms with E-state index in [9.17, 15) is 0 Å². The SMILES string of the molecule is NCCc1ncc2cc3cccc(Br)c3nc2n1. The van der Waals surface area contributed by atoms with Crippen molar-refractivity contribution in [1.82, 2.24) is 15.0 Å². The summed E-state index contributed by atoms with van der Waals surface area (Å²) in [6, 6.07) is 8.04. The molecular weight excluding hydrogens is 292 g/mol. The monoisotopic (exact) mass is 302 g/mol. The quantitative estimate of drug-likeness (QED) is 0.739. The lowest BCUT2D eigenvalue weighted by atomic mass is 10.2. The summed E-state index contributed by atoms with van der Waals surface area (Å²) < 4.78 is 0.973. The van der Waals surface area contributed by atoms with Crippen molar-refractivity contribution in [3.05, 3.63) is 40.8 Å². The van der Waals surface area contributed by atoms with Gasteiger partial charge >= 0.3 is 0 Å². The van der Waals surface area contributed by atoms with E-state index in [4.69, 9.17) is 5.73 Å². The van der Waals surface area contributed by atoms with Gasteiger partial charge in [0.1, 0.15) is 5.82 Å². The molecule has 0 spiro atoms. The van der Waals surface area contributed by atoms with E-state index < -0.39 is 0 Å². The number of hydrogen-bond acceptors (Lipinski definition) is 4. The van der Waals surface area contributed by atoms with Crippen LogP contribution in [0.3, 0.4) is 0 Å². The van der Waals surface area contributed by atoms with E-state index in [1.54, 1.807) is 6.20 Å². The van der Waals surface area contributed by atoms with Gasteiger partial charge < -0.3 is 5.73 Å². The normalized spacial score (nSPS) is 11.2. The molecule has 0 amide bonds. The standard InChI is InChI=1S/C13H11BrN4/c14-10-3-1-2-8-6-9-7-16-11(4-5-15)17-13(9)18-12(8)10/h1-3,6-7H,4-5,15H2. The Morgan fingerprint density at radius 1 is 1.17 bits per heavy atom. The Kier molecular flexibility index (Phi) is 2.93. The molecule has 4 nitrogen and oxygen atoms in total. The highest BCUT2D eigenvalue weighted by atomic mass is 79.9. The van der Waals surface area contributed by atoms with Gasteiger partial charge in [-0.25, -0.2) is 15.0 Å². The first-order valence-corrected chi connectivity index (χ1v) is 6.48. The van der Waals surface area contributed by atoms with Crippen molar-refractivity contribution in [1.29, 1.82) is 0 Å². The lowest BCUT2D eigenvalue weighted by Gasteiger charge is -2.04. The highest BCUT2D eigenvalue weighted by Gasteiger charge is 2.05. The predicted octanol–water partition coefficient (Wildman–Crippen LogP) is 2.44. The van der Waals surface area contributed by atoms with Crippen LogP contribution in [-0.4, -0.2) is 21.5 Å². The molecular formula is C13H11BrN4. The molecule has 0 unspecified atom stereocenters. The lowest BCUT2D eigenvalue weighted by molar-refractivity contribution is 0.876. The fourth-order valence-corrected chi connectivity index (χ4v) is 2.37. The molecule has 3 aromatic rings. The second kappa shape index (κ2) is 4.59. The van der Waals surface area contributed by atoms with Crippen molar-refractivity contribution >= 4 is 37.9 Å². The molecule has 0 fully saturated rings. The molecule has 2 N–H and O–H groups in total. The minimum absolute atomic E-state index is 0.544. The van der Waals surface area contributed by atoms with Gasteiger partial charge in [-0.05, 0) is 34.6 Å². The van der Waals surface area contributed by atoms with Crippen molar-refractivity contribution in [2.75, 3.05) is 6.54 Å². The summed E-state index contributed by atoms with van der Waals surface area (Å²) in [7, 11) is 0. The van der Waals surface area contributed by atoms with Gasteiger partial charge in [-0.2, -0.15) is 0 Å². The Bertz CT molecular complexity index is 727. The van der Waals surface area contributed by atoms with Gasteiger partial charge in [-0.1, -0.05) is 12.1 Å². The van der Waals surface area contributed by atoms with Crippen LogP contribution in [0.25, 0.3) is 21.9 Å². The van der Waals surface area contributed by atoms with Crippen LogP contribution in [0.2, 0.25) is 0 Å².